The fraction of sp³-hybridized carbons (Fsp3) is 0.167. The van der Waals surface area contributed by atoms with Gasteiger partial charge in [0, 0.05) is 29.5 Å². The van der Waals surface area contributed by atoms with Crippen molar-refractivity contribution in [3.05, 3.63) is 98.4 Å². The van der Waals surface area contributed by atoms with E-state index in [4.69, 9.17) is 16.3 Å². The number of carbonyl (C=O) groups is 1. The summed E-state index contributed by atoms with van der Waals surface area (Å²) >= 11 is 5.98. The van der Waals surface area contributed by atoms with E-state index in [0.717, 1.165) is 10.1 Å². The topological polar surface area (TPSA) is 130 Å². The molecule has 0 bridgehead atoms. The molecule has 0 amide bonds. The first-order chi connectivity index (χ1) is 17.4. The van der Waals surface area contributed by atoms with Crippen LogP contribution in [0.15, 0.2) is 76.4 Å². The van der Waals surface area contributed by atoms with E-state index in [0.29, 0.717) is 22.3 Å². The number of methoxy groups -OCH3 is 1. The SMILES string of the molecule is COC(=O)CCn1c(=O)nc(Nc2ccc(Oc3cccnn3)cc2)n(Cc2ccc(Cl)cc2)c1=O. The third-order valence-corrected chi connectivity index (χ3v) is 5.30. The number of anilines is 2. The fourth-order valence-electron chi connectivity index (χ4n) is 3.23. The minimum Gasteiger partial charge on any atom is -0.469 e. The molecule has 12 heteroatoms. The van der Waals surface area contributed by atoms with Gasteiger partial charge in [0.2, 0.25) is 11.8 Å². The van der Waals surface area contributed by atoms with Gasteiger partial charge in [0.15, 0.2) is 0 Å². The van der Waals surface area contributed by atoms with Gasteiger partial charge in [-0.15, -0.1) is 5.10 Å². The molecule has 2 heterocycles. The molecule has 1 N–H and O–H groups in total. The summed E-state index contributed by atoms with van der Waals surface area (Å²) in [7, 11) is 1.23. The van der Waals surface area contributed by atoms with E-state index in [1.165, 1.54) is 11.7 Å². The number of nitrogens with zero attached hydrogens (tertiary/aromatic N) is 5. The van der Waals surface area contributed by atoms with E-state index in [-0.39, 0.29) is 25.5 Å². The highest BCUT2D eigenvalue weighted by Gasteiger charge is 2.15. The van der Waals surface area contributed by atoms with Crippen LogP contribution in [0.5, 0.6) is 11.6 Å². The molecule has 0 atom stereocenters. The monoisotopic (exact) mass is 508 g/mol. The lowest BCUT2D eigenvalue weighted by molar-refractivity contribution is -0.140. The molecule has 2 aromatic carbocycles. The number of rotatable bonds is 9. The van der Waals surface area contributed by atoms with Gasteiger partial charge in [0.1, 0.15) is 5.75 Å². The highest BCUT2D eigenvalue weighted by atomic mass is 35.5. The highest BCUT2D eigenvalue weighted by Crippen LogP contribution is 2.22. The third kappa shape index (κ3) is 6.13. The van der Waals surface area contributed by atoms with Gasteiger partial charge >= 0.3 is 17.3 Å². The molecule has 36 heavy (non-hydrogen) atoms. The lowest BCUT2D eigenvalue weighted by Crippen LogP contribution is -2.43. The zero-order valence-electron chi connectivity index (χ0n) is 19.1. The van der Waals surface area contributed by atoms with Crippen LogP contribution in [0.4, 0.5) is 11.6 Å². The Bertz CT molecular complexity index is 1450. The average Bonchev–Trinajstić information content (AvgIpc) is 2.89. The molecule has 0 aliphatic rings. The van der Waals surface area contributed by atoms with Crippen LogP contribution in [0, 0.1) is 0 Å². The first kappa shape index (κ1) is 24.6. The molecule has 0 aliphatic carbocycles. The first-order valence-electron chi connectivity index (χ1n) is 10.8. The van der Waals surface area contributed by atoms with Gasteiger partial charge in [-0.1, -0.05) is 23.7 Å². The van der Waals surface area contributed by atoms with Crippen molar-refractivity contribution in [1.29, 1.82) is 0 Å². The van der Waals surface area contributed by atoms with Crippen molar-refractivity contribution in [3.63, 3.8) is 0 Å². The summed E-state index contributed by atoms with van der Waals surface area (Å²) in [5, 5.41) is 11.2. The Morgan fingerprint density at radius 2 is 1.78 bits per heavy atom. The molecule has 4 aromatic rings. The van der Waals surface area contributed by atoms with Crippen molar-refractivity contribution >= 4 is 29.2 Å². The minimum atomic E-state index is -0.790. The second kappa shape index (κ2) is 11.3. The van der Waals surface area contributed by atoms with Gasteiger partial charge in [-0.3, -0.25) is 9.36 Å². The summed E-state index contributed by atoms with van der Waals surface area (Å²) in [5.41, 5.74) is -0.0949. The molecule has 0 saturated heterocycles. The summed E-state index contributed by atoms with van der Waals surface area (Å²) in [6, 6.07) is 17.1. The highest BCUT2D eigenvalue weighted by molar-refractivity contribution is 6.30. The molecule has 184 valence electrons. The smallest absolute Gasteiger partial charge is 0.354 e. The van der Waals surface area contributed by atoms with Crippen LogP contribution in [0.2, 0.25) is 5.02 Å². The molecule has 0 fully saturated rings. The van der Waals surface area contributed by atoms with Gasteiger partial charge in [-0.25, -0.2) is 14.2 Å². The lowest BCUT2D eigenvalue weighted by Gasteiger charge is -2.16. The van der Waals surface area contributed by atoms with E-state index in [9.17, 15) is 14.4 Å². The second-order valence-electron chi connectivity index (χ2n) is 7.50. The third-order valence-electron chi connectivity index (χ3n) is 5.05. The Kier molecular flexibility index (Phi) is 7.71. The lowest BCUT2D eigenvalue weighted by atomic mass is 10.2. The van der Waals surface area contributed by atoms with Crippen molar-refractivity contribution in [2.45, 2.75) is 19.5 Å². The summed E-state index contributed by atoms with van der Waals surface area (Å²) in [6.45, 7) is -0.0512. The Morgan fingerprint density at radius 1 is 1.03 bits per heavy atom. The van der Waals surface area contributed by atoms with Crippen LogP contribution in [0.25, 0.3) is 0 Å². The zero-order valence-corrected chi connectivity index (χ0v) is 19.9. The molecule has 2 aromatic heterocycles. The number of benzene rings is 2. The van der Waals surface area contributed by atoms with Crippen molar-refractivity contribution in [1.82, 2.24) is 24.3 Å². The Hall–Kier alpha value is -4.51. The van der Waals surface area contributed by atoms with Gasteiger partial charge in [-0.05, 0) is 48.0 Å². The van der Waals surface area contributed by atoms with Crippen molar-refractivity contribution < 1.29 is 14.3 Å². The molecule has 0 saturated carbocycles. The average molecular weight is 509 g/mol. The van der Waals surface area contributed by atoms with Crippen LogP contribution < -0.4 is 21.4 Å². The van der Waals surface area contributed by atoms with Crippen LogP contribution in [-0.4, -0.2) is 37.4 Å². The van der Waals surface area contributed by atoms with Crippen LogP contribution in [0.3, 0.4) is 0 Å². The minimum absolute atomic E-state index is 0.0388. The fourth-order valence-corrected chi connectivity index (χ4v) is 3.36. The molecular formula is C24H21ClN6O5. The maximum Gasteiger partial charge on any atom is 0.354 e. The van der Waals surface area contributed by atoms with Crippen molar-refractivity contribution in [2.75, 3.05) is 12.4 Å². The van der Waals surface area contributed by atoms with Crippen LogP contribution in [0.1, 0.15) is 12.0 Å². The summed E-state index contributed by atoms with van der Waals surface area (Å²) in [5.74, 6) is 0.353. The van der Waals surface area contributed by atoms with E-state index >= 15 is 0 Å². The Morgan fingerprint density at radius 3 is 2.44 bits per heavy atom. The predicted octanol–water partition coefficient (Wildman–Crippen LogP) is 3.00. The number of halogens is 1. The largest absolute Gasteiger partial charge is 0.469 e. The molecule has 0 aliphatic heterocycles. The van der Waals surface area contributed by atoms with Gasteiger partial charge in [0.05, 0.1) is 20.1 Å². The van der Waals surface area contributed by atoms with E-state index in [1.54, 1.807) is 66.9 Å². The van der Waals surface area contributed by atoms with E-state index in [2.05, 4.69) is 25.2 Å². The molecule has 11 nitrogen and oxygen atoms in total. The first-order valence-corrected chi connectivity index (χ1v) is 11.2. The van der Waals surface area contributed by atoms with E-state index in [1.807, 2.05) is 0 Å². The van der Waals surface area contributed by atoms with Gasteiger partial charge < -0.3 is 14.8 Å². The second-order valence-corrected chi connectivity index (χ2v) is 7.94. The molecule has 0 radical (unpaired) electrons. The molecule has 0 unspecified atom stereocenters. The maximum atomic E-state index is 13.3. The number of aromatic nitrogens is 5. The van der Waals surface area contributed by atoms with Crippen LogP contribution in [-0.2, 0) is 22.6 Å². The Balaban J connectivity index is 1.64. The summed E-state index contributed by atoms with van der Waals surface area (Å²) in [4.78, 5) is 41.5. The number of ether oxygens (including phenoxy) is 2. The number of esters is 1. The number of hydrogen-bond donors (Lipinski definition) is 1. The predicted molar refractivity (Wildman–Crippen MR) is 132 cm³/mol. The number of hydrogen-bond acceptors (Lipinski definition) is 9. The van der Waals surface area contributed by atoms with Crippen LogP contribution >= 0.6 is 11.6 Å². The van der Waals surface area contributed by atoms with E-state index < -0.39 is 17.3 Å². The normalized spacial score (nSPS) is 10.6. The van der Waals surface area contributed by atoms with Crippen molar-refractivity contribution in [2.24, 2.45) is 0 Å². The molecular weight excluding hydrogens is 488 g/mol. The zero-order chi connectivity index (χ0) is 25.5. The van der Waals surface area contributed by atoms with Crippen molar-refractivity contribution in [3.8, 4) is 11.6 Å². The molecule has 4 rings (SSSR count). The number of nitrogens with one attached hydrogen (secondary N) is 1. The van der Waals surface area contributed by atoms with Gasteiger partial charge in [-0.2, -0.15) is 10.1 Å². The number of carbonyl (C=O) groups excluding carboxylic acids is 1. The Labute approximate surface area is 209 Å². The molecule has 0 spiro atoms. The summed E-state index contributed by atoms with van der Waals surface area (Å²) < 4.78 is 12.5. The van der Waals surface area contributed by atoms with Gasteiger partial charge in [0.25, 0.3) is 0 Å². The standard InChI is InChI=1S/C24H21ClN6O5/c1-35-21(32)12-14-30-23(33)28-22(31(24(30)34)15-16-4-6-17(25)7-5-16)27-18-8-10-19(11-9-18)36-20-3-2-13-26-29-20/h2-11,13H,12,14-15H2,1H3,(H,27,28,33). The quantitative estimate of drug-likeness (QED) is 0.339. The maximum absolute atomic E-state index is 13.3. The summed E-state index contributed by atoms with van der Waals surface area (Å²) in [6.07, 6.45) is 1.40.